The highest BCUT2D eigenvalue weighted by molar-refractivity contribution is 6.30. The topological polar surface area (TPSA) is 38.0 Å². The first-order valence-electron chi connectivity index (χ1n) is 3.05. The summed E-state index contributed by atoms with van der Waals surface area (Å²) in [6.07, 6.45) is 0. The van der Waals surface area contributed by atoms with Crippen LogP contribution >= 0.6 is 11.6 Å². The van der Waals surface area contributed by atoms with E-state index in [1.165, 1.54) is 5.57 Å². The van der Waals surface area contributed by atoms with Gasteiger partial charge >= 0.3 is 0 Å². The van der Waals surface area contributed by atoms with E-state index in [4.69, 9.17) is 17.3 Å². The fourth-order valence-electron chi connectivity index (χ4n) is 0.741. The fourth-order valence-corrected chi connectivity index (χ4v) is 0.874. The van der Waals surface area contributed by atoms with Crippen molar-refractivity contribution in [3.05, 3.63) is 10.6 Å². The Morgan fingerprint density at radius 1 is 1.78 bits per heavy atom. The molecular weight excluding hydrogens is 136 g/mol. The zero-order valence-corrected chi connectivity index (χ0v) is 6.20. The number of hydrogen-bond acceptors (Lipinski definition) is 2. The van der Waals surface area contributed by atoms with Crippen LogP contribution in [0.2, 0.25) is 0 Å². The quantitative estimate of drug-likeness (QED) is 0.563. The Labute approximate surface area is 60.1 Å². The molecule has 1 aliphatic heterocycles. The lowest BCUT2D eigenvalue weighted by molar-refractivity contribution is 0.653. The van der Waals surface area contributed by atoms with Crippen LogP contribution < -0.4 is 11.1 Å². The Hall–Kier alpha value is -0.0500. The van der Waals surface area contributed by atoms with Gasteiger partial charge in [-0.15, -0.1) is 0 Å². The summed E-state index contributed by atoms with van der Waals surface area (Å²) in [4.78, 5) is 0. The van der Waals surface area contributed by atoms with Crippen molar-refractivity contribution in [2.24, 2.45) is 5.73 Å². The summed E-state index contributed by atoms with van der Waals surface area (Å²) in [6, 6.07) is 0.00349. The molecule has 0 aromatic rings. The van der Waals surface area contributed by atoms with E-state index in [-0.39, 0.29) is 6.04 Å². The van der Waals surface area contributed by atoms with E-state index in [0.29, 0.717) is 0 Å². The molecule has 1 saturated heterocycles. The third kappa shape index (κ3) is 1.45. The van der Waals surface area contributed by atoms with Crippen molar-refractivity contribution in [2.75, 3.05) is 13.1 Å². The molecule has 0 aromatic carbocycles. The van der Waals surface area contributed by atoms with Crippen LogP contribution in [0.15, 0.2) is 10.6 Å². The van der Waals surface area contributed by atoms with Crippen LogP contribution in [0.25, 0.3) is 0 Å². The van der Waals surface area contributed by atoms with E-state index in [2.05, 4.69) is 5.32 Å². The first kappa shape index (κ1) is 7.06. The maximum atomic E-state index is 5.83. The third-order valence-corrected chi connectivity index (χ3v) is 2.03. The predicted octanol–water partition coefficient (Wildman–Crippen LogP) is 0.430. The van der Waals surface area contributed by atoms with Gasteiger partial charge in [-0.2, -0.15) is 0 Å². The highest BCUT2D eigenvalue weighted by Crippen LogP contribution is 2.15. The van der Waals surface area contributed by atoms with E-state index >= 15 is 0 Å². The Balaban J connectivity index is 2.56. The van der Waals surface area contributed by atoms with E-state index < -0.39 is 0 Å². The lowest BCUT2D eigenvalue weighted by atomic mass is 10.1. The maximum Gasteiger partial charge on any atom is 0.0375 e. The molecule has 0 radical (unpaired) electrons. The molecule has 52 valence electrons. The molecule has 0 amide bonds. The predicted molar refractivity (Wildman–Crippen MR) is 39.4 cm³/mol. The molecule has 3 N–H and O–H groups in total. The monoisotopic (exact) mass is 146 g/mol. The minimum absolute atomic E-state index is 0.00349. The lowest BCUT2D eigenvalue weighted by Crippen LogP contribution is -2.36. The molecule has 1 rings (SSSR count). The van der Waals surface area contributed by atoms with Crippen LogP contribution in [0, 0.1) is 0 Å². The molecule has 0 aliphatic carbocycles. The Bertz CT molecular complexity index is 134. The number of nitrogens with two attached hydrogens (primary N) is 1. The van der Waals surface area contributed by atoms with Crippen LogP contribution in [-0.2, 0) is 0 Å². The average molecular weight is 147 g/mol. The molecule has 0 aromatic heterocycles. The van der Waals surface area contributed by atoms with Gasteiger partial charge in [-0.3, -0.25) is 0 Å². The first-order chi connectivity index (χ1) is 4.22. The fraction of sp³-hybridized carbons (Fsp3) is 0.667. The van der Waals surface area contributed by atoms with Gasteiger partial charge in [-0.1, -0.05) is 11.6 Å². The molecule has 2 nitrogen and oxygen atoms in total. The summed E-state index contributed by atoms with van der Waals surface area (Å²) in [7, 11) is 0. The Morgan fingerprint density at radius 3 is 2.44 bits per heavy atom. The van der Waals surface area contributed by atoms with Crippen LogP contribution in [-0.4, -0.2) is 19.1 Å². The minimum atomic E-state index is 0.00349. The van der Waals surface area contributed by atoms with E-state index in [1.54, 1.807) is 0 Å². The summed E-state index contributed by atoms with van der Waals surface area (Å²) in [5.74, 6) is 0. The van der Waals surface area contributed by atoms with Crippen molar-refractivity contribution in [2.45, 2.75) is 13.0 Å². The van der Waals surface area contributed by atoms with Gasteiger partial charge in [0, 0.05) is 24.2 Å². The smallest absolute Gasteiger partial charge is 0.0375 e. The van der Waals surface area contributed by atoms with Gasteiger partial charge < -0.3 is 11.1 Å². The van der Waals surface area contributed by atoms with Crippen LogP contribution in [0.4, 0.5) is 0 Å². The van der Waals surface area contributed by atoms with Crippen molar-refractivity contribution in [3.63, 3.8) is 0 Å². The summed E-state index contributed by atoms with van der Waals surface area (Å²) < 4.78 is 0. The summed E-state index contributed by atoms with van der Waals surface area (Å²) in [6.45, 7) is 3.73. The summed E-state index contributed by atoms with van der Waals surface area (Å²) >= 11 is 5.83. The van der Waals surface area contributed by atoms with Gasteiger partial charge in [0.1, 0.15) is 0 Å². The molecule has 1 heterocycles. The van der Waals surface area contributed by atoms with E-state index in [0.717, 1.165) is 18.1 Å². The van der Waals surface area contributed by atoms with Crippen LogP contribution in [0.1, 0.15) is 6.92 Å². The second-order valence-corrected chi connectivity index (χ2v) is 2.75. The Kier molecular flexibility index (Phi) is 2.11. The minimum Gasteiger partial charge on any atom is -0.323 e. The zero-order chi connectivity index (χ0) is 6.85. The molecular formula is C6H11ClN2. The third-order valence-electron chi connectivity index (χ3n) is 1.41. The molecule has 9 heavy (non-hydrogen) atoms. The number of rotatable bonds is 1. The van der Waals surface area contributed by atoms with E-state index in [1.807, 2.05) is 6.92 Å². The number of nitrogens with one attached hydrogen (secondary N) is 1. The van der Waals surface area contributed by atoms with E-state index in [9.17, 15) is 0 Å². The van der Waals surface area contributed by atoms with Crippen molar-refractivity contribution in [1.29, 1.82) is 0 Å². The molecule has 1 atom stereocenters. The molecule has 0 saturated carbocycles. The largest absolute Gasteiger partial charge is 0.323 e. The average Bonchev–Trinajstić information content (AvgIpc) is 1.60. The highest BCUT2D eigenvalue weighted by atomic mass is 35.5. The van der Waals surface area contributed by atoms with Gasteiger partial charge in [0.15, 0.2) is 0 Å². The lowest BCUT2D eigenvalue weighted by Gasteiger charge is -2.21. The number of hydrogen-bond donors (Lipinski definition) is 2. The summed E-state index contributed by atoms with van der Waals surface area (Å²) in [5.41, 5.74) is 6.78. The SMILES string of the molecule is CC(N)C(Cl)=C1CNC1. The first-order valence-corrected chi connectivity index (χ1v) is 3.43. The van der Waals surface area contributed by atoms with Crippen molar-refractivity contribution < 1.29 is 0 Å². The van der Waals surface area contributed by atoms with Crippen molar-refractivity contribution in [3.8, 4) is 0 Å². The Morgan fingerprint density at radius 2 is 2.33 bits per heavy atom. The second-order valence-electron chi connectivity index (χ2n) is 2.34. The van der Waals surface area contributed by atoms with Gasteiger partial charge in [0.05, 0.1) is 0 Å². The molecule has 1 aliphatic rings. The molecule has 0 bridgehead atoms. The van der Waals surface area contributed by atoms with Gasteiger partial charge in [-0.25, -0.2) is 0 Å². The molecule has 0 spiro atoms. The standard InChI is InChI=1S/C6H11ClN2/c1-4(8)6(7)5-2-9-3-5/h4,9H,2-3,8H2,1H3. The van der Waals surface area contributed by atoms with Gasteiger partial charge in [0.2, 0.25) is 0 Å². The van der Waals surface area contributed by atoms with Crippen LogP contribution in [0.5, 0.6) is 0 Å². The summed E-state index contributed by atoms with van der Waals surface area (Å²) in [5, 5.41) is 3.93. The normalized spacial score (nSPS) is 21.0. The molecule has 1 fully saturated rings. The maximum absolute atomic E-state index is 5.83. The molecule has 1 unspecified atom stereocenters. The van der Waals surface area contributed by atoms with Gasteiger partial charge in [-0.05, 0) is 12.5 Å². The van der Waals surface area contributed by atoms with Crippen LogP contribution in [0.3, 0.4) is 0 Å². The molecule has 3 heteroatoms. The van der Waals surface area contributed by atoms with Gasteiger partial charge in [0.25, 0.3) is 0 Å². The zero-order valence-electron chi connectivity index (χ0n) is 5.45. The van der Waals surface area contributed by atoms with Crippen molar-refractivity contribution in [1.82, 2.24) is 5.32 Å². The number of halogens is 1. The highest BCUT2D eigenvalue weighted by Gasteiger charge is 2.13. The second kappa shape index (κ2) is 2.69. The van der Waals surface area contributed by atoms with Crippen molar-refractivity contribution >= 4 is 11.6 Å².